The lowest BCUT2D eigenvalue weighted by Gasteiger charge is -2.04. The van der Waals surface area contributed by atoms with Crippen molar-refractivity contribution in [3.8, 4) is 5.75 Å². The maximum atomic E-state index is 12.2. The molecule has 0 aliphatic heterocycles. The lowest BCUT2D eigenvalue weighted by atomic mass is 10.1. The molecule has 1 amide bonds. The molecule has 0 bridgehead atoms. The number of carbonyl (C=O) groups excluding carboxylic acids is 1. The number of aryl methyl sites for hydroxylation is 2. The van der Waals surface area contributed by atoms with Gasteiger partial charge in [0.05, 0.1) is 10.2 Å². The van der Waals surface area contributed by atoms with Crippen LogP contribution in [0.15, 0.2) is 60.1 Å². The molecule has 0 aliphatic rings. The van der Waals surface area contributed by atoms with Crippen molar-refractivity contribution in [1.82, 2.24) is 4.57 Å². The van der Waals surface area contributed by atoms with Gasteiger partial charge in [-0.15, -0.1) is 6.58 Å². The van der Waals surface area contributed by atoms with Crippen LogP contribution in [0.4, 0.5) is 0 Å². The lowest BCUT2D eigenvalue weighted by Crippen LogP contribution is -2.19. The fraction of sp³-hybridized carbons (Fsp3) is 0.200. The second kappa shape index (κ2) is 7.49. The van der Waals surface area contributed by atoms with Crippen LogP contribution < -0.4 is 9.54 Å². The Morgan fingerprint density at radius 2 is 2.04 bits per heavy atom. The molecule has 0 N–H and O–H groups in total. The molecule has 2 aromatic carbocycles. The third-order valence-electron chi connectivity index (χ3n) is 3.75. The van der Waals surface area contributed by atoms with Crippen LogP contribution in [0, 0.1) is 13.8 Å². The van der Waals surface area contributed by atoms with Crippen molar-refractivity contribution in [3.63, 3.8) is 0 Å². The van der Waals surface area contributed by atoms with Gasteiger partial charge in [0.25, 0.3) is 5.91 Å². The van der Waals surface area contributed by atoms with Crippen molar-refractivity contribution in [3.05, 3.63) is 71.0 Å². The van der Waals surface area contributed by atoms with Gasteiger partial charge >= 0.3 is 0 Å². The summed E-state index contributed by atoms with van der Waals surface area (Å²) in [6.07, 6.45) is 1.81. The Balaban J connectivity index is 1.94. The van der Waals surface area contributed by atoms with Crippen molar-refractivity contribution in [2.24, 2.45) is 4.99 Å². The summed E-state index contributed by atoms with van der Waals surface area (Å²) in [6, 6.07) is 13.5. The van der Waals surface area contributed by atoms with E-state index in [-0.39, 0.29) is 12.5 Å². The van der Waals surface area contributed by atoms with Crippen molar-refractivity contribution < 1.29 is 9.53 Å². The van der Waals surface area contributed by atoms with Crippen LogP contribution in [0.2, 0.25) is 0 Å². The van der Waals surface area contributed by atoms with E-state index in [1.165, 1.54) is 22.5 Å². The van der Waals surface area contributed by atoms with E-state index in [0.29, 0.717) is 17.1 Å². The molecular formula is C20H20N2O2S. The number of hydrogen-bond acceptors (Lipinski definition) is 3. The Labute approximate surface area is 150 Å². The summed E-state index contributed by atoms with van der Waals surface area (Å²) in [5.74, 6) is 0.357. The monoisotopic (exact) mass is 352 g/mol. The molecular weight excluding hydrogens is 332 g/mol. The van der Waals surface area contributed by atoms with E-state index >= 15 is 0 Å². The standard InChI is InChI=1S/C20H20N2O2S/c1-4-10-22-17-12-14(2)11-15(3)19(17)25-20(22)21-18(23)13-24-16-8-6-5-7-9-16/h4-9,11-12H,1,10,13H2,2-3H3. The number of carbonyl (C=O) groups is 1. The minimum absolute atomic E-state index is 0.0790. The summed E-state index contributed by atoms with van der Waals surface area (Å²) in [4.78, 5) is 17.2. The van der Waals surface area contributed by atoms with E-state index in [1.807, 2.05) is 41.0 Å². The van der Waals surface area contributed by atoms with E-state index in [0.717, 1.165) is 10.2 Å². The van der Waals surface area contributed by atoms with Gasteiger partial charge in [-0.05, 0) is 43.2 Å². The van der Waals surface area contributed by atoms with Gasteiger partial charge in [0, 0.05) is 6.54 Å². The largest absolute Gasteiger partial charge is 0.484 e. The number of para-hydroxylation sites is 1. The highest BCUT2D eigenvalue weighted by Crippen LogP contribution is 2.23. The highest BCUT2D eigenvalue weighted by molar-refractivity contribution is 7.16. The van der Waals surface area contributed by atoms with Crippen LogP contribution in [-0.4, -0.2) is 17.1 Å². The van der Waals surface area contributed by atoms with Gasteiger partial charge in [-0.25, -0.2) is 0 Å². The number of ether oxygens (including phenoxy) is 1. The third kappa shape index (κ3) is 3.88. The average Bonchev–Trinajstić information content (AvgIpc) is 2.92. The number of aromatic nitrogens is 1. The first-order valence-electron chi connectivity index (χ1n) is 8.05. The van der Waals surface area contributed by atoms with Gasteiger partial charge in [0.1, 0.15) is 5.75 Å². The van der Waals surface area contributed by atoms with Crippen molar-refractivity contribution in [1.29, 1.82) is 0 Å². The van der Waals surface area contributed by atoms with Gasteiger partial charge < -0.3 is 9.30 Å². The molecule has 0 fully saturated rings. The number of hydrogen-bond donors (Lipinski definition) is 0. The lowest BCUT2D eigenvalue weighted by molar-refractivity contribution is -0.120. The molecule has 0 spiro atoms. The smallest absolute Gasteiger partial charge is 0.286 e. The molecule has 0 radical (unpaired) electrons. The van der Waals surface area contributed by atoms with Gasteiger partial charge in [0.2, 0.25) is 0 Å². The molecule has 0 atom stereocenters. The maximum absolute atomic E-state index is 12.2. The summed E-state index contributed by atoms with van der Waals surface area (Å²) in [7, 11) is 0. The van der Waals surface area contributed by atoms with Gasteiger partial charge in [-0.1, -0.05) is 41.7 Å². The Bertz CT molecular complexity index is 984. The number of amides is 1. The van der Waals surface area contributed by atoms with Crippen LogP contribution in [0.5, 0.6) is 5.75 Å². The molecule has 0 saturated carbocycles. The molecule has 128 valence electrons. The van der Waals surface area contributed by atoms with E-state index in [4.69, 9.17) is 4.74 Å². The first kappa shape index (κ1) is 17.2. The highest BCUT2D eigenvalue weighted by atomic mass is 32.1. The van der Waals surface area contributed by atoms with Crippen molar-refractivity contribution in [2.75, 3.05) is 6.61 Å². The van der Waals surface area contributed by atoms with Crippen LogP contribution in [0.1, 0.15) is 11.1 Å². The van der Waals surface area contributed by atoms with E-state index < -0.39 is 0 Å². The molecule has 4 nitrogen and oxygen atoms in total. The third-order valence-corrected chi connectivity index (χ3v) is 4.98. The fourth-order valence-electron chi connectivity index (χ4n) is 2.70. The van der Waals surface area contributed by atoms with Crippen LogP contribution >= 0.6 is 11.3 Å². The molecule has 5 heteroatoms. The van der Waals surface area contributed by atoms with E-state index in [2.05, 4.69) is 37.6 Å². The first-order valence-corrected chi connectivity index (χ1v) is 8.87. The number of rotatable bonds is 5. The summed E-state index contributed by atoms with van der Waals surface area (Å²) in [5, 5.41) is 0. The number of fused-ring (bicyclic) bond motifs is 1. The predicted octanol–water partition coefficient (Wildman–Crippen LogP) is 4.01. The molecule has 0 aliphatic carbocycles. The number of thiazole rings is 1. The van der Waals surface area contributed by atoms with E-state index in [1.54, 1.807) is 0 Å². The Kier molecular flexibility index (Phi) is 5.14. The van der Waals surface area contributed by atoms with Gasteiger partial charge in [-0.3, -0.25) is 4.79 Å². The molecule has 25 heavy (non-hydrogen) atoms. The number of allylic oxidation sites excluding steroid dienone is 1. The average molecular weight is 352 g/mol. The summed E-state index contributed by atoms with van der Waals surface area (Å²) in [6.45, 7) is 8.49. The van der Waals surface area contributed by atoms with Gasteiger partial charge in [0.15, 0.2) is 11.4 Å². The number of nitrogens with zero attached hydrogens (tertiary/aromatic N) is 2. The van der Waals surface area contributed by atoms with Gasteiger partial charge in [-0.2, -0.15) is 4.99 Å². The quantitative estimate of drug-likeness (QED) is 0.651. The predicted molar refractivity (Wildman–Crippen MR) is 102 cm³/mol. The zero-order valence-electron chi connectivity index (χ0n) is 14.4. The molecule has 3 aromatic rings. The summed E-state index contributed by atoms with van der Waals surface area (Å²) in [5.41, 5.74) is 3.45. The van der Waals surface area contributed by atoms with E-state index in [9.17, 15) is 4.79 Å². The Hall–Kier alpha value is -2.66. The zero-order chi connectivity index (χ0) is 17.8. The topological polar surface area (TPSA) is 43.6 Å². The SMILES string of the molecule is C=CCn1c(=NC(=O)COc2ccccc2)sc2c(C)cc(C)cc21. The summed E-state index contributed by atoms with van der Waals surface area (Å²) >= 11 is 1.52. The number of benzene rings is 2. The van der Waals surface area contributed by atoms with Crippen LogP contribution in [0.3, 0.4) is 0 Å². The second-order valence-corrected chi connectivity index (χ2v) is 6.80. The minimum Gasteiger partial charge on any atom is -0.484 e. The molecule has 1 heterocycles. The molecule has 0 unspecified atom stereocenters. The zero-order valence-corrected chi connectivity index (χ0v) is 15.2. The minimum atomic E-state index is -0.303. The molecule has 0 saturated heterocycles. The Morgan fingerprint density at radius 1 is 1.28 bits per heavy atom. The molecule has 3 rings (SSSR count). The van der Waals surface area contributed by atoms with Crippen molar-refractivity contribution in [2.45, 2.75) is 20.4 Å². The first-order chi connectivity index (χ1) is 12.1. The van der Waals surface area contributed by atoms with Crippen LogP contribution in [-0.2, 0) is 11.3 Å². The second-order valence-electron chi connectivity index (χ2n) is 5.82. The molecule has 1 aromatic heterocycles. The van der Waals surface area contributed by atoms with Crippen molar-refractivity contribution >= 4 is 27.5 Å². The maximum Gasteiger partial charge on any atom is 0.286 e. The Morgan fingerprint density at radius 3 is 2.76 bits per heavy atom. The van der Waals surface area contributed by atoms with Crippen LogP contribution in [0.25, 0.3) is 10.2 Å². The summed E-state index contributed by atoms with van der Waals surface area (Å²) < 4.78 is 8.65. The normalized spacial score (nSPS) is 11.7. The fourth-order valence-corrected chi connectivity index (χ4v) is 3.81. The highest BCUT2D eigenvalue weighted by Gasteiger charge is 2.10.